The zero-order valence-corrected chi connectivity index (χ0v) is 13.7. The maximum Gasteiger partial charge on any atom is 0.251 e. The maximum atomic E-state index is 12.2. The van der Waals surface area contributed by atoms with E-state index in [4.69, 9.17) is 0 Å². The fourth-order valence-electron chi connectivity index (χ4n) is 2.23. The lowest BCUT2D eigenvalue weighted by atomic mass is 10.1. The van der Waals surface area contributed by atoms with Crippen molar-refractivity contribution in [2.45, 2.75) is 59.3 Å². The van der Waals surface area contributed by atoms with Gasteiger partial charge in [0.05, 0.1) is 0 Å². The number of hydrogen-bond donors (Lipinski definition) is 2. The summed E-state index contributed by atoms with van der Waals surface area (Å²) in [5.41, 5.74) is 1.69. The third-order valence-electron chi connectivity index (χ3n) is 3.32. The van der Waals surface area contributed by atoms with Crippen LogP contribution in [0.2, 0.25) is 0 Å². The molecule has 0 aromatic carbocycles. The number of anilines is 1. The lowest BCUT2D eigenvalue weighted by Crippen LogP contribution is -2.25. The van der Waals surface area contributed by atoms with E-state index in [9.17, 15) is 4.79 Å². The normalized spacial score (nSPS) is 10.4. The van der Waals surface area contributed by atoms with Crippen molar-refractivity contribution in [3.63, 3.8) is 0 Å². The molecular formula is C17H29N3O. The van der Waals surface area contributed by atoms with Crippen molar-refractivity contribution in [2.24, 2.45) is 0 Å². The molecule has 1 amide bonds. The van der Waals surface area contributed by atoms with E-state index in [1.165, 1.54) is 19.3 Å². The highest BCUT2D eigenvalue weighted by Crippen LogP contribution is 2.12. The molecule has 0 aliphatic carbocycles. The Kier molecular flexibility index (Phi) is 8.48. The summed E-state index contributed by atoms with van der Waals surface area (Å²) in [6, 6.07) is 3.75. The molecule has 2 N–H and O–H groups in total. The van der Waals surface area contributed by atoms with Crippen molar-refractivity contribution >= 4 is 11.7 Å². The minimum atomic E-state index is 0.00500. The molecule has 1 aromatic heterocycles. The van der Waals surface area contributed by atoms with Crippen LogP contribution in [0.3, 0.4) is 0 Å². The molecule has 1 heterocycles. The van der Waals surface area contributed by atoms with Gasteiger partial charge in [-0.1, -0.05) is 39.5 Å². The summed E-state index contributed by atoms with van der Waals surface area (Å²) in [6.45, 7) is 7.89. The molecule has 4 heteroatoms. The Morgan fingerprint density at radius 2 is 1.90 bits per heavy atom. The van der Waals surface area contributed by atoms with Crippen molar-refractivity contribution in [3.8, 4) is 0 Å². The van der Waals surface area contributed by atoms with Crippen LogP contribution in [0.25, 0.3) is 0 Å². The number of carbonyl (C=O) groups excluding carboxylic acids is 1. The SMILES string of the molecule is CCCCCCNC(=O)c1cc(CCC)nc(NCC)c1. The highest BCUT2D eigenvalue weighted by atomic mass is 16.1. The first-order valence-electron chi connectivity index (χ1n) is 8.24. The molecule has 4 nitrogen and oxygen atoms in total. The van der Waals surface area contributed by atoms with Gasteiger partial charge in [-0.2, -0.15) is 0 Å². The molecule has 0 aliphatic heterocycles. The largest absolute Gasteiger partial charge is 0.370 e. The number of aromatic nitrogens is 1. The second-order valence-electron chi connectivity index (χ2n) is 5.33. The van der Waals surface area contributed by atoms with Crippen LogP contribution in [0, 0.1) is 0 Å². The zero-order valence-electron chi connectivity index (χ0n) is 13.7. The minimum absolute atomic E-state index is 0.00500. The summed E-state index contributed by atoms with van der Waals surface area (Å²) < 4.78 is 0. The third-order valence-corrected chi connectivity index (χ3v) is 3.32. The molecule has 1 aromatic rings. The van der Waals surface area contributed by atoms with Gasteiger partial charge in [0.15, 0.2) is 0 Å². The van der Waals surface area contributed by atoms with Gasteiger partial charge in [-0.25, -0.2) is 4.98 Å². The standard InChI is InChI=1S/C17H29N3O/c1-4-7-8-9-11-19-17(21)14-12-15(10-5-2)20-16(13-14)18-6-3/h12-13H,4-11H2,1-3H3,(H,18,20)(H,19,21). The number of nitrogens with one attached hydrogen (secondary N) is 2. The number of nitrogens with zero attached hydrogens (tertiary/aromatic N) is 1. The molecule has 0 unspecified atom stereocenters. The van der Waals surface area contributed by atoms with E-state index in [1.54, 1.807) is 0 Å². The molecule has 0 saturated carbocycles. The van der Waals surface area contributed by atoms with Crippen molar-refractivity contribution in [1.82, 2.24) is 10.3 Å². The number of rotatable bonds is 10. The number of amides is 1. The van der Waals surface area contributed by atoms with E-state index in [1.807, 2.05) is 19.1 Å². The van der Waals surface area contributed by atoms with E-state index in [-0.39, 0.29) is 5.91 Å². The number of unbranched alkanes of at least 4 members (excludes halogenated alkanes) is 3. The van der Waals surface area contributed by atoms with Crippen molar-refractivity contribution in [2.75, 3.05) is 18.4 Å². The van der Waals surface area contributed by atoms with Gasteiger partial charge in [0, 0.05) is 24.3 Å². The smallest absolute Gasteiger partial charge is 0.251 e. The molecule has 118 valence electrons. The van der Waals surface area contributed by atoms with E-state index in [2.05, 4.69) is 29.5 Å². The summed E-state index contributed by atoms with van der Waals surface area (Å²) in [5, 5.41) is 6.20. The lowest BCUT2D eigenvalue weighted by molar-refractivity contribution is 0.0952. The van der Waals surface area contributed by atoms with Crippen LogP contribution in [-0.4, -0.2) is 24.0 Å². The lowest BCUT2D eigenvalue weighted by Gasteiger charge is -2.10. The van der Waals surface area contributed by atoms with Crippen LogP contribution in [-0.2, 0) is 6.42 Å². The average Bonchev–Trinajstić information content (AvgIpc) is 2.47. The topological polar surface area (TPSA) is 54.0 Å². The molecule has 0 bridgehead atoms. The van der Waals surface area contributed by atoms with Crippen LogP contribution in [0.1, 0.15) is 68.9 Å². The monoisotopic (exact) mass is 291 g/mol. The van der Waals surface area contributed by atoms with Gasteiger partial charge in [-0.3, -0.25) is 4.79 Å². The Balaban J connectivity index is 2.64. The quantitative estimate of drug-likeness (QED) is 0.645. The fourth-order valence-corrected chi connectivity index (χ4v) is 2.23. The maximum absolute atomic E-state index is 12.2. The zero-order chi connectivity index (χ0) is 15.5. The average molecular weight is 291 g/mol. The van der Waals surface area contributed by atoms with Gasteiger partial charge >= 0.3 is 0 Å². The van der Waals surface area contributed by atoms with Gasteiger partial charge in [0.2, 0.25) is 0 Å². The minimum Gasteiger partial charge on any atom is -0.370 e. The van der Waals surface area contributed by atoms with Crippen molar-refractivity contribution in [1.29, 1.82) is 0 Å². The number of aryl methyl sites for hydroxylation is 1. The van der Waals surface area contributed by atoms with Crippen LogP contribution in [0.4, 0.5) is 5.82 Å². The first kappa shape index (κ1) is 17.5. The van der Waals surface area contributed by atoms with E-state index < -0.39 is 0 Å². The second kappa shape index (κ2) is 10.2. The third kappa shape index (κ3) is 6.61. The number of carbonyl (C=O) groups is 1. The van der Waals surface area contributed by atoms with Gasteiger partial charge in [-0.05, 0) is 31.9 Å². The van der Waals surface area contributed by atoms with Crippen molar-refractivity contribution < 1.29 is 4.79 Å². The van der Waals surface area contributed by atoms with E-state index >= 15 is 0 Å². The number of pyridine rings is 1. The Hall–Kier alpha value is -1.58. The highest BCUT2D eigenvalue weighted by Gasteiger charge is 2.09. The highest BCUT2D eigenvalue weighted by molar-refractivity contribution is 5.95. The Labute approximate surface area is 128 Å². The van der Waals surface area contributed by atoms with E-state index in [0.717, 1.165) is 43.9 Å². The molecule has 0 aliphatic rings. The number of hydrogen-bond acceptors (Lipinski definition) is 3. The van der Waals surface area contributed by atoms with Gasteiger partial charge < -0.3 is 10.6 Å². The van der Waals surface area contributed by atoms with Crippen LogP contribution in [0.5, 0.6) is 0 Å². The van der Waals surface area contributed by atoms with E-state index in [0.29, 0.717) is 5.56 Å². The first-order chi connectivity index (χ1) is 10.2. The fraction of sp³-hybridized carbons (Fsp3) is 0.647. The molecule has 0 fully saturated rings. The summed E-state index contributed by atoms with van der Waals surface area (Å²) >= 11 is 0. The summed E-state index contributed by atoms with van der Waals surface area (Å²) in [5.74, 6) is 0.796. The molecule has 0 atom stereocenters. The van der Waals surface area contributed by atoms with Crippen LogP contribution >= 0.6 is 0 Å². The molecule has 21 heavy (non-hydrogen) atoms. The molecular weight excluding hydrogens is 262 g/mol. The van der Waals surface area contributed by atoms with Crippen LogP contribution < -0.4 is 10.6 Å². The summed E-state index contributed by atoms with van der Waals surface area (Å²) in [6.07, 6.45) is 6.60. The van der Waals surface area contributed by atoms with Gasteiger partial charge in [0.1, 0.15) is 5.82 Å². The Morgan fingerprint density at radius 3 is 2.57 bits per heavy atom. The molecule has 0 saturated heterocycles. The molecule has 0 spiro atoms. The Bertz CT molecular complexity index is 408. The predicted octanol–water partition coefficient (Wildman–Crippen LogP) is 3.78. The predicted molar refractivity (Wildman–Crippen MR) is 88.9 cm³/mol. The summed E-state index contributed by atoms with van der Waals surface area (Å²) in [7, 11) is 0. The van der Waals surface area contributed by atoms with Gasteiger partial charge in [0.25, 0.3) is 5.91 Å². The Morgan fingerprint density at radius 1 is 1.10 bits per heavy atom. The molecule has 1 rings (SSSR count). The summed E-state index contributed by atoms with van der Waals surface area (Å²) in [4.78, 5) is 16.7. The first-order valence-corrected chi connectivity index (χ1v) is 8.24. The second-order valence-corrected chi connectivity index (χ2v) is 5.33. The molecule has 0 radical (unpaired) electrons. The van der Waals surface area contributed by atoms with Crippen molar-refractivity contribution in [3.05, 3.63) is 23.4 Å². The van der Waals surface area contributed by atoms with Crippen LogP contribution in [0.15, 0.2) is 12.1 Å². The van der Waals surface area contributed by atoms with Gasteiger partial charge in [-0.15, -0.1) is 0 Å².